The molecular weight excluding hydrogens is 1290 g/mol. The standard InChI is InChI=1S/C29H18.C16H11Br.C13H8O.C10H9BO2.C6H4BrI.5CH4/c1-2-10-20-19(9-1)17-18-27-28(20)23-13-5-8-16-26(23)29(27)24-14-6-3-11-21(24)22-12-4-7-15-25(22)29;17-16-11-4-3-9-15(16)14-10-5-7-12-6-1-2-8-13(12)14;14-13-11-7-3-1-5-9(11)10-6-2-4-8-12(10)13;12-11(13)10-7-3-5-8-4-1-2-6-9(8)10;7-5-3-1-2-4-6(5)8;;;;;/h1-18H;1-11H;1-8H;1-7,12-13H;1-4H;5*1H4. The van der Waals surface area contributed by atoms with Gasteiger partial charge in [-0.25, -0.2) is 0 Å². The van der Waals surface area contributed by atoms with Crippen molar-refractivity contribution in [2.24, 2.45) is 0 Å². The topological polar surface area (TPSA) is 57.5 Å². The van der Waals surface area contributed by atoms with Crippen molar-refractivity contribution in [3.63, 3.8) is 0 Å². The highest BCUT2D eigenvalue weighted by Gasteiger charge is 2.51. The molecule has 428 valence electrons. The van der Waals surface area contributed by atoms with E-state index >= 15 is 0 Å². The van der Waals surface area contributed by atoms with Gasteiger partial charge in [0.05, 0.1) is 5.41 Å². The molecule has 0 bridgehead atoms. The summed E-state index contributed by atoms with van der Waals surface area (Å²) in [5, 5.41) is 25.3. The van der Waals surface area contributed by atoms with Crippen LogP contribution < -0.4 is 5.46 Å². The zero-order valence-corrected chi connectivity index (χ0v) is 49.1. The molecule has 0 atom stereocenters. The van der Waals surface area contributed by atoms with Crippen LogP contribution in [0.3, 0.4) is 0 Å². The molecular formula is C79H70BBr2IO3. The van der Waals surface area contributed by atoms with Gasteiger partial charge in [-0.05, 0) is 161 Å². The molecule has 1 spiro atoms. The van der Waals surface area contributed by atoms with Crippen LogP contribution in [-0.2, 0) is 5.41 Å². The fraction of sp³-hybridized carbons (Fsp3) is 0.0759. The van der Waals surface area contributed by atoms with Gasteiger partial charge in [0.15, 0.2) is 5.78 Å². The lowest BCUT2D eigenvalue weighted by atomic mass is 9.70. The number of rotatable bonds is 2. The zero-order valence-electron chi connectivity index (χ0n) is 43.7. The number of carbonyl (C=O) groups is 1. The molecule has 16 rings (SSSR count). The van der Waals surface area contributed by atoms with Crippen molar-refractivity contribution in [2.75, 3.05) is 0 Å². The molecule has 3 aliphatic carbocycles. The van der Waals surface area contributed by atoms with E-state index in [9.17, 15) is 4.79 Å². The Morgan fingerprint density at radius 1 is 0.302 bits per heavy atom. The second-order valence-corrected chi connectivity index (χ2v) is 22.7. The highest BCUT2D eigenvalue weighted by molar-refractivity contribution is 14.1. The number of halogens is 3. The van der Waals surface area contributed by atoms with Gasteiger partial charge in [0.25, 0.3) is 0 Å². The van der Waals surface area contributed by atoms with Crippen LogP contribution in [0.4, 0.5) is 0 Å². The summed E-state index contributed by atoms with van der Waals surface area (Å²) in [5.74, 6) is 0.149. The molecule has 0 aliphatic heterocycles. The third-order valence-corrected chi connectivity index (χ3v) is 18.5. The van der Waals surface area contributed by atoms with Gasteiger partial charge in [-0.1, -0.05) is 326 Å². The van der Waals surface area contributed by atoms with E-state index in [-0.39, 0.29) is 48.3 Å². The van der Waals surface area contributed by atoms with Crippen molar-refractivity contribution < 1.29 is 14.8 Å². The van der Waals surface area contributed by atoms with Gasteiger partial charge >= 0.3 is 7.12 Å². The van der Waals surface area contributed by atoms with Gasteiger partial charge in [0.2, 0.25) is 0 Å². The molecule has 3 nitrogen and oxygen atoms in total. The molecule has 13 aromatic carbocycles. The van der Waals surface area contributed by atoms with Crippen LogP contribution in [0.5, 0.6) is 0 Å². The van der Waals surface area contributed by atoms with Gasteiger partial charge in [0.1, 0.15) is 0 Å². The molecule has 2 N–H and O–H groups in total. The average Bonchev–Trinajstić information content (AvgIpc) is 1.52. The molecule has 7 heteroatoms. The summed E-state index contributed by atoms with van der Waals surface area (Å²) in [7, 11) is -1.40. The van der Waals surface area contributed by atoms with Crippen molar-refractivity contribution in [1.29, 1.82) is 0 Å². The Morgan fingerprint density at radius 3 is 1.17 bits per heavy atom. The first-order valence-corrected chi connectivity index (χ1v) is 29.4. The lowest BCUT2D eigenvalue weighted by Gasteiger charge is -2.30. The molecule has 0 heterocycles. The van der Waals surface area contributed by atoms with Crippen molar-refractivity contribution in [3.8, 4) is 44.5 Å². The maximum Gasteiger partial charge on any atom is 0.489 e. The minimum absolute atomic E-state index is 0. The highest BCUT2D eigenvalue weighted by atomic mass is 127. The maximum atomic E-state index is 11.9. The Balaban J connectivity index is 0.000000162. The minimum Gasteiger partial charge on any atom is -0.423 e. The highest BCUT2D eigenvalue weighted by Crippen LogP contribution is 2.63. The number of hydrogen-bond acceptors (Lipinski definition) is 3. The second kappa shape index (κ2) is 28.9. The normalized spacial score (nSPS) is 11.4. The van der Waals surface area contributed by atoms with E-state index in [0.717, 1.165) is 37.5 Å². The smallest absolute Gasteiger partial charge is 0.423 e. The first-order chi connectivity index (χ1) is 39.7. The van der Waals surface area contributed by atoms with Crippen molar-refractivity contribution in [1.82, 2.24) is 0 Å². The number of carbonyl (C=O) groups excluding carboxylic acids is 1. The summed E-state index contributed by atoms with van der Waals surface area (Å²) in [6, 6.07) is 100. The van der Waals surface area contributed by atoms with E-state index in [4.69, 9.17) is 10.0 Å². The van der Waals surface area contributed by atoms with Gasteiger partial charge in [0, 0.05) is 23.6 Å². The predicted molar refractivity (Wildman–Crippen MR) is 387 cm³/mol. The van der Waals surface area contributed by atoms with E-state index in [1.807, 2.05) is 109 Å². The largest absolute Gasteiger partial charge is 0.489 e. The molecule has 0 radical (unpaired) electrons. The molecule has 0 aromatic heterocycles. The second-order valence-electron chi connectivity index (χ2n) is 19.9. The Morgan fingerprint density at radius 2 is 0.663 bits per heavy atom. The van der Waals surface area contributed by atoms with Gasteiger partial charge in [-0.3, -0.25) is 4.79 Å². The van der Waals surface area contributed by atoms with Crippen LogP contribution in [0.25, 0.3) is 76.8 Å². The van der Waals surface area contributed by atoms with E-state index < -0.39 is 7.12 Å². The SMILES string of the molecule is Brc1ccccc1-c1cccc2ccccc12.Brc1ccccc1I.C.C.C.C.C.O=C1c2ccccc2-c2ccccc21.OB(O)c1cccc2ccccc12.c1ccc2c(c1)-c1ccccc1C21c2ccccc2-c2c1ccc1ccccc21. The fourth-order valence-electron chi connectivity index (χ4n) is 11.9. The molecule has 0 unspecified atom stereocenters. The Labute approximate surface area is 539 Å². The van der Waals surface area contributed by atoms with Gasteiger partial charge in [-0.15, -0.1) is 0 Å². The Kier molecular flexibility index (Phi) is 22.0. The van der Waals surface area contributed by atoms with Crippen LogP contribution >= 0.6 is 54.5 Å². The van der Waals surface area contributed by atoms with E-state index in [1.54, 1.807) is 6.07 Å². The predicted octanol–water partition coefficient (Wildman–Crippen LogP) is 22.1. The fourth-order valence-corrected chi connectivity index (χ4v) is 13.1. The van der Waals surface area contributed by atoms with Crippen LogP contribution in [-0.4, -0.2) is 22.9 Å². The lowest BCUT2D eigenvalue weighted by Crippen LogP contribution is -2.30. The molecule has 13 aromatic rings. The molecule has 0 amide bonds. The van der Waals surface area contributed by atoms with Crippen LogP contribution in [0.2, 0.25) is 0 Å². The van der Waals surface area contributed by atoms with Crippen molar-refractivity contribution >= 4 is 105 Å². The first kappa shape index (κ1) is 65.5. The number of benzene rings is 13. The Hall–Kier alpha value is -8.02. The molecule has 0 saturated heterocycles. The van der Waals surface area contributed by atoms with Crippen LogP contribution in [0, 0.1) is 3.57 Å². The monoisotopic (exact) mass is 1360 g/mol. The maximum absolute atomic E-state index is 11.9. The zero-order chi connectivity index (χ0) is 55.5. The van der Waals surface area contributed by atoms with Crippen LogP contribution in [0.1, 0.15) is 75.3 Å². The summed E-state index contributed by atoms with van der Waals surface area (Å²) >= 11 is 9.28. The van der Waals surface area contributed by atoms with E-state index in [2.05, 4.69) is 230 Å². The summed E-state index contributed by atoms with van der Waals surface area (Å²) in [6.07, 6.45) is 0. The molecule has 0 saturated carbocycles. The third kappa shape index (κ3) is 12.2. The first-order valence-electron chi connectivity index (χ1n) is 26.7. The Bertz CT molecular complexity index is 4370. The average molecular weight is 1360 g/mol. The molecule has 86 heavy (non-hydrogen) atoms. The van der Waals surface area contributed by atoms with Gasteiger partial charge in [-0.2, -0.15) is 0 Å². The van der Waals surface area contributed by atoms with Gasteiger partial charge < -0.3 is 10.0 Å². The van der Waals surface area contributed by atoms with Crippen LogP contribution in [0.15, 0.2) is 300 Å². The van der Waals surface area contributed by atoms with Crippen molar-refractivity contribution in [3.05, 3.63) is 337 Å². The summed E-state index contributed by atoms with van der Waals surface area (Å²) < 4.78 is 3.56. The quantitative estimate of drug-likeness (QED) is 0.134. The molecule has 0 fully saturated rings. The van der Waals surface area contributed by atoms with E-state index in [0.29, 0.717) is 5.46 Å². The summed E-state index contributed by atoms with van der Waals surface area (Å²) in [4.78, 5) is 11.9. The number of fused-ring (bicyclic) bond motifs is 17. The summed E-state index contributed by atoms with van der Waals surface area (Å²) in [5.41, 5.74) is 17.7. The number of hydrogen-bond donors (Lipinski definition) is 2. The lowest BCUT2D eigenvalue weighted by molar-refractivity contribution is 0.104. The third-order valence-electron chi connectivity index (χ3n) is 15.4. The van der Waals surface area contributed by atoms with Crippen molar-refractivity contribution in [2.45, 2.75) is 42.5 Å². The van der Waals surface area contributed by atoms with E-state index in [1.165, 1.54) is 85.2 Å². The summed E-state index contributed by atoms with van der Waals surface area (Å²) in [6.45, 7) is 0. The number of ketones is 1. The molecule has 3 aliphatic rings. The minimum atomic E-state index is -1.40.